The standard InChI is InChI=1S/C26H29N5O4S2/c1-17-12-19(3)23(13-18(17)2)37(33,34)30-10-8-29(9-11-30)16-21-15-24(32)31-26(27-21)36-25(28-31)20-6-5-7-22(14-20)35-4/h5-7,12-15H,8-11,16H2,1-4H3. The topological polar surface area (TPSA) is 97.1 Å². The van der Waals surface area contributed by atoms with E-state index in [4.69, 9.17) is 4.74 Å². The maximum Gasteiger partial charge on any atom is 0.275 e. The fourth-order valence-electron chi connectivity index (χ4n) is 4.52. The lowest BCUT2D eigenvalue weighted by atomic mass is 10.1. The van der Waals surface area contributed by atoms with Crippen molar-refractivity contribution in [3.8, 4) is 16.3 Å². The van der Waals surface area contributed by atoms with Gasteiger partial charge in [0.05, 0.1) is 17.7 Å². The zero-order valence-corrected chi connectivity index (χ0v) is 22.9. The molecule has 0 aliphatic carbocycles. The van der Waals surface area contributed by atoms with Crippen LogP contribution in [0.25, 0.3) is 15.5 Å². The van der Waals surface area contributed by atoms with Crippen molar-refractivity contribution in [1.82, 2.24) is 23.8 Å². The molecule has 0 atom stereocenters. The Balaban J connectivity index is 1.30. The van der Waals surface area contributed by atoms with Gasteiger partial charge in [0, 0.05) is 44.4 Å². The van der Waals surface area contributed by atoms with Crippen molar-refractivity contribution < 1.29 is 13.2 Å². The summed E-state index contributed by atoms with van der Waals surface area (Å²) < 4.78 is 34.8. The van der Waals surface area contributed by atoms with Crippen molar-refractivity contribution in [1.29, 1.82) is 0 Å². The first-order valence-corrected chi connectivity index (χ1v) is 14.3. The van der Waals surface area contributed by atoms with E-state index in [1.807, 2.05) is 51.1 Å². The summed E-state index contributed by atoms with van der Waals surface area (Å²) in [6.07, 6.45) is 0. The zero-order valence-electron chi connectivity index (χ0n) is 21.3. The van der Waals surface area contributed by atoms with Gasteiger partial charge in [-0.15, -0.1) is 0 Å². The Morgan fingerprint density at radius 2 is 1.70 bits per heavy atom. The van der Waals surface area contributed by atoms with Crippen molar-refractivity contribution in [2.75, 3.05) is 33.3 Å². The van der Waals surface area contributed by atoms with E-state index in [-0.39, 0.29) is 5.56 Å². The smallest absolute Gasteiger partial charge is 0.275 e. The predicted octanol–water partition coefficient (Wildman–Crippen LogP) is 3.26. The van der Waals surface area contributed by atoms with Crippen molar-refractivity contribution in [2.24, 2.45) is 0 Å². The molecule has 9 nitrogen and oxygen atoms in total. The van der Waals surface area contributed by atoms with Gasteiger partial charge in [-0.05, 0) is 55.7 Å². The summed E-state index contributed by atoms with van der Waals surface area (Å²) in [4.78, 5) is 20.5. The third kappa shape index (κ3) is 5.04. The summed E-state index contributed by atoms with van der Waals surface area (Å²) in [7, 11) is -1.96. The average molecular weight is 540 g/mol. The van der Waals surface area contributed by atoms with Gasteiger partial charge < -0.3 is 4.74 Å². The molecule has 0 unspecified atom stereocenters. The molecule has 1 saturated heterocycles. The highest BCUT2D eigenvalue weighted by Crippen LogP contribution is 2.28. The van der Waals surface area contributed by atoms with Gasteiger partial charge in [-0.2, -0.15) is 13.9 Å². The van der Waals surface area contributed by atoms with E-state index in [2.05, 4.69) is 15.0 Å². The number of sulfonamides is 1. The first-order chi connectivity index (χ1) is 17.7. The molecule has 4 aromatic rings. The van der Waals surface area contributed by atoms with Crippen LogP contribution in [-0.2, 0) is 16.6 Å². The molecular formula is C26H29N5O4S2. The van der Waals surface area contributed by atoms with Crippen molar-refractivity contribution in [2.45, 2.75) is 32.2 Å². The Morgan fingerprint density at radius 1 is 0.973 bits per heavy atom. The van der Waals surface area contributed by atoms with Crippen molar-refractivity contribution in [3.63, 3.8) is 0 Å². The summed E-state index contributed by atoms with van der Waals surface area (Å²) in [5, 5.41) is 5.13. The minimum atomic E-state index is -3.57. The monoisotopic (exact) mass is 539 g/mol. The maximum absolute atomic E-state index is 13.3. The van der Waals surface area contributed by atoms with Crippen LogP contribution in [0.15, 0.2) is 52.2 Å². The predicted molar refractivity (Wildman–Crippen MR) is 144 cm³/mol. The molecule has 1 aliphatic heterocycles. The van der Waals surface area contributed by atoms with Gasteiger partial charge in [0.25, 0.3) is 5.56 Å². The third-order valence-corrected chi connectivity index (χ3v) is 9.74. The summed E-state index contributed by atoms with van der Waals surface area (Å²) >= 11 is 1.34. The van der Waals surface area contributed by atoms with E-state index in [1.54, 1.807) is 17.5 Å². The lowest BCUT2D eigenvalue weighted by Crippen LogP contribution is -2.48. The van der Waals surface area contributed by atoms with Gasteiger partial charge >= 0.3 is 0 Å². The van der Waals surface area contributed by atoms with Crippen molar-refractivity contribution in [3.05, 3.63) is 75.2 Å². The Labute approximate surface area is 220 Å². The number of methoxy groups -OCH3 is 1. The molecular weight excluding hydrogens is 510 g/mol. The Hall–Kier alpha value is -3.12. The molecule has 0 spiro atoms. The van der Waals surface area contributed by atoms with Crippen LogP contribution in [0.5, 0.6) is 5.75 Å². The molecule has 2 aromatic carbocycles. The largest absolute Gasteiger partial charge is 0.497 e. The van der Waals surface area contributed by atoms with Crippen LogP contribution in [0.2, 0.25) is 0 Å². The van der Waals surface area contributed by atoms with Crippen LogP contribution < -0.4 is 10.3 Å². The lowest BCUT2D eigenvalue weighted by molar-refractivity contribution is 0.180. The average Bonchev–Trinajstić information content (AvgIpc) is 3.31. The molecule has 11 heteroatoms. The van der Waals surface area contributed by atoms with E-state index < -0.39 is 10.0 Å². The number of aromatic nitrogens is 3. The highest BCUT2D eigenvalue weighted by Gasteiger charge is 2.30. The summed E-state index contributed by atoms with van der Waals surface area (Å²) in [5.74, 6) is 0.714. The van der Waals surface area contributed by atoms with E-state index in [9.17, 15) is 13.2 Å². The number of fused-ring (bicyclic) bond motifs is 1. The first-order valence-electron chi connectivity index (χ1n) is 12.0. The molecule has 0 saturated carbocycles. The van der Waals surface area contributed by atoms with Gasteiger partial charge in [0.2, 0.25) is 15.0 Å². The second-order valence-corrected chi connectivity index (χ2v) is 12.2. The number of rotatable bonds is 6. The molecule has 1 fully saturated rings. The van der Waals surface area contributed by atoms with Gasteiger partial charge in [0.1, 0.15) is 10.8 Å². The van der Waals surface area contributed by atoms with Crippen LogP contribution in [-0.4, -0.2) is 65.5 Å². The highest BCUT2D eigenvalue weighted by molar-refractivity contribution is 7.89. The summed E-state index contributed by atoms with van der Waals surface area (Å²) in [6, 6.07) is 12.7. The minimum absolute atomic E-state index is 0.239. The molecule has 0 radical (unpaired) electrons. The van der Waals surface area contributed by atoms with Crippen LogP contribution in [0.3, 0.4) is 0 Å². The number of hydrogen-bond acceptors (Lipinski definition) is 8. The Morgan fingerprint density at radius 3 is 2.43 bits per heavy atom. The molecule has 0 amide bonds. The summed E-state index contributed by atoms with van der Waals surface area (Å²) in [5.41, 5.74) is 4.07. The number of aryl methyl sites for hydroxylation is 3. The maximum atomic E-state index is 13.3. The van der Waals surface area contributed by atoms with Gasteiger partial charge in [-0.25, -0.2) is 13.4 Å². The van der Waals surface area contributed by atoms with E-state index in [0.717, 1.165) is 22.3 Å². The summed E-state index contributed by atoms with van der Waals surface area (Å²) in [6.45, 7) is 8.11. The second kappa shape index (κ2) is 9.97. The van der Waals surface area contributed by atoms with Crippen molar-refractivity contribution >= 4 is 26.3 Å². The quantitative estimate of drug-likeness (QED) is 0.371. The molecule has 5 rings (SSSR count). The fraction of sp³-hybridized carbons (Fsp3) is 0.346. The fourth-order valence-corrected chi connectivity index (χ4v) is 7.15. The van der Waals surface area contributed by atoms with Gasteiger partial charge in [-0.1, -0.05) is 29.5 Å². The highest BCUT2D eigenvalue weighted by atomic mass is 32.2. The number of benzene rings is 2. The molecule has 3 heterocycles. The van der Waals surface area contributed by atoms with Crippen LogP contribution >= 0.6 is 11.3 Å². The van der Waals surface area contributed by atoms with Crippen LogP contribution in [0.4, 0.5) is 0 Å². The third-order valence-electron chi connectivity index (χ3n) is 6.74. The van der Waals surface area contributed by atoms with Crippen LogP contribution in [0.1, 0.15) is 22.4 Å². The lowest BCUT2D eigenvalue weighted by Gasteiger charge is -2.34. The zero-order chi connectivity index (χ0) is 26.3. The Kier molecular flexibility index (Phi) is 6.88. The number of hydrogen-bond donors (Lipinski definition) is 0. The Bertz CT molecular complexity index is 1640. The van der Waals surface area contributed by atoms with Gasteiger partial charge in [-0.3, -0.25) is 9.69 Å². The number of piperazine rings is 1. The van der Waals surface area contributed by atoms with E-state index >= 15 is 0 Å². The normalized spacial score (nSPS) is 15.4. The SMILES string of the molecule is COc1cccc(-c2nn3c(=O)cc(CN4CCN(S(=O)(=O)c5cc(C)c(C)cc5C)CC4)nc3s2)c1. The first kappa shape index (κ1) is 25.5. The molecule has 194 valence electrons. The number of nitrogens with zero attached hydrogens (tertiary/aromatic N) is 5. The molecule has 0 N–H and O–H groups in total. The molecule has 1 aliphatic rings. The molecule has 37 heavy (non-hydrogen) atoms. The molecule has 2 aromatic heterocycles. The second-order valence-electron chi connectivity index (χ2n) is 9.30. The van der Waals surface area contributed by atoms with E-state index in [0.29, 0.717) is 59.0 Å². The minimum Gasteiger partial charge on any atom is -0.497 e. The van der Waals surface area contributed by atoms with Crippen LogP contribution in [0, 0.1) is 20.8 Å². The molecule has 0 bridgehead atoms. The number of ether oxygens (including phenoxy) is 1. The van der Waals surface area contributed by atoms with Gasteiger partial charge in [0.15, 0.2) is 0 Å². The van der Waals surface area contributed by atoms with E-state index in [1.165, 1.54) is 21.9 Å².